The quantitative estimate of drug-likeness (QED) is 0.667. The topological polar surface area (TPSA) is 34.2 Å². The summed E-state index contributed by atoms with van der Waals surface area (Å²) in [5.41, 5.74) is 2.17. The molecule has 2 aromatic carbocycles. The number of ether oxygens (including phenoxy) is 2. The minimum absolute atomic E-state index is 0.177. The molecule has 1 heterocycles. The van der Waals surface area contributed by atoms with Gasteiger partial charge in [0.2, 0.25) is 0 Å². The molecule has 0 bridgehead atoms. The van der Waals surface area contributed by atoms with Crippen LogP contribution in [-0.2, 0) is 0 Å². The third-order valence-corrected chi connectivity index (χ3v) is 3.58. The van der Waals surface area contributed by atoms with Crippen LogP contribution < -0.4 is 9.47 Å². The first-order chi connectivity index (χ1) is 10.2. The van der Waals surface area contributed by atoms with Crippen molar-refractivity contribution < 1.29 is 9.47 Å². The molecule has 0 aliphatic heterocycles. The Morgan fingerprint density at radius 3 is 2.24 bits per heavy atom. The first kappa shape index (κ1) is 14.3. The normalized spacial score (nSPS) is 11.4. The van der Waals surface area contributed by atoms with Gasteiger partial charge >= 0.3 is 0 Å². The lowest BCUT2D eigenvalue weighted by molar-refractivity contribution is 0.243. The van der Waals surface area contributed by atoms with E-state index in [1.807, 2.05) is 38.1 Å². The van der Waals surface area contributed by atoms with Crippen LogP contribution in [0.3, 0.4) is 0 Å². The summed E-state index contributed by atoms with van der Waals surface area (Å²) in [5.74, 6) is 1.77. The fourth-order valence-electron chi connectivity index (χ4n) is 2.46. The largest absolute Gasteiger partial charge is 0.493 e. The number of nitrogens with one attached hydrogen (secondary N) is 1. The van der Waals surface area contributed by atoms with Gasteiger partial charge in [-0.3, -0.25) is 0 Å². The van der Waals surface area contributed by atoms with E-state index in [2.05, 4.69) is 33.0 Å². The second-order valence-corrected chi connectivity index (χ2v) is 6.04. The van der Waals surface area contributed by atoms with Crippen molar-refractivity contribution in [2.45, 2.75) is 20.0 Å². The third kappa shape index (κ3) is 3.00. The molecule has 3 nitrogen and oxygen atoms in total. The van der Waals surface area contributed by atoms with Crippen LogP contribution in [0.4, 0.5) is 0 Å². The molecule has 0 saturated heterocycles. The fraction of sp³-hybridized carbons (Fsp3) is 0.294. The molecule has 0 radical (unpaired) electrons. The third-order valence-electron chi connectivity index (χ3n) is 3.26. The molecule has 1 aromatic heterocycles. The SMILES string of the molecule is CC(C)Oc1ccc2c(c1)[nH]c1cc(OCCBr)ccc12. The van der Waals surface area contributed by atoms with E-state index in [1.165, 1.54) is 10.8 Å². The van der Waals surface area contributed by atoms with Crippen LogP contribution in [0.5, 0.6) is 11.5 Å². The number of hydrogen-bond acceptors (Lipinski definition) is 2. The van der Waals surface area contributed by atoms with Crippen LogP contribution in [0.25, 0.3) is 21.8 Å². The van der Waals surface area contributed by atoms with E-state index in [0.29, 0.717) is 6.61 Å². The molecular formula is C17H18BrNO2. The van der Waals surface area contributed by atoms with Crippen molar-refractivity contribution >= 4 is 37.7 Å². The van der Waals surface area contributed by atoms with Gasteiger partial charge in [0, 0.05) is 28.2 Å². The molecule has 0 aliphatic rings. The van der Waals surface area contributed by atoms with Crippen molar-refractivity contribution in [2.75, 3.05) is 11.9 Å². The van der Waals surface area contributed by atoms with Crippen LogP contribution in [0.15, 0.2) is 36.4 Å². The van der Waals surface area contributed by atoms with Gasteiger partial charge in [0.15, 0.2) is 0 Å². The Kier molecular flexibility index (Phi) is 4.06. The summed E-state index contributed by atoms with van der Waals surface area (Å²) in [6, 6.07) is 12.3. The summed E-state index contributed by atoms with van der Waals surface area (Å²) >= 11 is 3.37. The van der Waals surface area contributed by atoms with Crippen molar-refractivity contribution in [1.29, 1.82) is 0 Å². The summed E-state index contributed by atoms with van der Waals surface area (Å²) < 4.78 is 11.4. The van der Waals surface area contributed by atoms with E-state index in [4.69, 9.17) is 9.47 Å². The average Bonchev–Trinajstić information content (AvgIpc) is 2.81. The van der Waals surface area contributed by atoms with Gasteiger partial charge in [0.05, 0.1) is 23.7 Å². The van der Waals surface area contributed by atoms with Gasteiger partial charge in [-0.15, -0.1) is 0 Å². The zero-order valence-corrected chi connectivity index (χ0v) is 13.7. The standard InChI is InChI=1S/C17H18BrNO2/c1-11(2)21-13-4-6-15-14-5-3-12(20-8-7-18)9-16(14)19-17(15)10-13/h3-6,9-11,19H,7-8H2,1-2H3. The summed E-state index contributed by atoms with van der Waals surface area (Å²) in [4.78, 5) is 3.44. The molecule has 1 N–H and O–H groups in total. The highest BCUT2D eigenvalue weighted by molar-refractivity contribution is 9.09. The molecule has 110 valence electrons. The lowest BCUT2D eigenvalue weighted by atomic mass is 10.1. The summed E-state index contributed by atoms with van der Waals surface area (Å²) in [6.45, 7) is 4.73. The molecule has 0 spiro atoms. The Bertz CT molecular complexity index is 764. The lowest BCUT2D eigenvalue weighted by Gasteiger charge is -2.09. The number of hydrogen-bond donors (Lipinski definition) is 1. The maximum atomic E-state index is 5.75. The van der Waals surface area contributed by atoms with Crippen LogP contribution in [-0.4, -0.2) is 23.0 Å². The maximum Gasteiger partial charge on any atom is 0.121 e. The Morgan fingerprint density at radius 2 is 1.62 bits per heavy atom. The van der Waals surface area contributed by atoms with Crippen LogP contribution >= 0.6 is 15.9 Å². The van der Waals surface area contributed by atoms with Crippen molar-refractivity contribution in [3.8, 4) is 11.5 Å². The average molecular weight is 348 g/mol. The zero-order valence-electron chi connectivity index (χ0n) is 12.2. The number of fused-ring (bicyclic) bond motifs is 3. The Labute approximate surface area is 132 Å². The Balaban J connectivity index is 2.02. The first-order valence-electron chi connectivity index (χ1n) is 7.08. The van der Waals surface area contributed by atoms with Crippen molar-refractivity contribution in [3.63, 3.8) is 0 Å². The second-order valence-electron chi connectivity index (χ2n) is 5.24. The van der Waals surface area contributed by atoms with Gasteiger partial charge in [-0.2, -0.15) is 0 Å². The number of halogens is 1. The second kappa shape index (κ2) is 5.98. The summed E-state index contributed by atoms with van der Waals surface area (Å²) in [5, 5.41) is 3.23. The molecular weight excluding hydrogens is 330 g/mol. The van der Waals surface area contributed by atoms with Crippen molar-refractivity contribution in [3.05, 3.63) is 36.4 Å². The minimum Gasteiger partial charge on any atom is -0.493 e. The van der Waals surface area contributed by atoms with E-state index < -0.39 is 0 Å². The number of alkyl halides is 1. The zero-order chi connectivity index (χ0) is 14.8. The van der Waals surface area contributed by atoms with Gasteiger partial charge < -0.3 is 14.5 Å². The molecule has 3 rings (SSSR count). The molecule has 0 amide bonds. The molecule has 0 saturated carbocycles. The lowest BCUT2D eigenvalue weighted by Crippen LogP contribution is -2.05. The van der Waals surface area contributed by atoms with Gasteiger partial charge in [0.1, 0.15) is 11.5 Å². The smallest absolute Gasteiger partial charge is 0.121 e. The summed E-state index contributed by atoms with van der Waals surface area (Å²) in [7, 11) is 0. The van der Waals surface area contributed by atoms with Crippen LogP contribution in [0.2, 0.25) is 0 Å². The highest BCUT2D eigenvalue weighted by atomic mass is 79.9. The van der Waals surface area contributed by atoms with Crippen molar-refractivity contribution in [1.82, 2.24) is 4.98 Å². The molecule has 0 unspecified atom stereocenters. The van der Waals surface area contributed by atoms with E-state index in [0.717, 1.165) is 27.9 Å². The first-order valence-corrected chi connectivity index (χ1v) is 8.20. The minimum atomic E-state index is 0.177. The monoisotopic (exact) mass is 347 g/mol. The number of aromatic nitrogens is 1. The fourth-order valence-corrected chi connectivity index (χ4v) is 2.62. The number of benzene rings is 2. The predicted octanol–water partition coefficient (Wildman–Crippen LogP) is 4.88. The highest BCUT2D eigenvalue weighted by Crippen LogP contribution is 2.30. The Morgan fingerprint density at radius 1 is 1.00 bits per heavy atom. The van der Waals surface area contributed by atoms with Gasteiger partial charge in [0.25, 0.3) is 0 Å². The predicted molar refractivity (Wildman–Crippen MR) is 90.9 cm³/mol. The van der Waals surface area contributed by atoms with Gasteiger partial charge in [-0.05, 0) is 38.1 Å². The molecule has 0 aliphatic carbocycles. The Hall–Kier alpha value is -1.68. The van der Waals surface area contributed by atoms with Gasteiger partial charge in [-0.1, -0.05) is 15.9 Å². The van der Waals surface area contributed by atoms with Crippen LogP contribution in [0, 0.1) is 0 Å². The maximum absolute atomic E-state index is 5.75. The molecule has 0 fully saturated rings. The molecule has 3 aromatic rings. The molecule has 0 atom stereocenters. The van der Waals surface area contributed by atoms with E-state index in [-0.39, 0.29) is 6.10 Å². The van der Waals surface area contributed by atoms with Crippen LogP contribution in [0.1, 0.15) is 13.8 Å². The van der Waals surface area contributed by atoms with Gasteiger partial charge in [-0.25, -0.2) is 0 Å². The highest BCUT2D eigenvalue weighted by Gasteiger charge is 2.07. The van der Waals surface area contributed by atoms with Crippen molar-refractivity contribution in [2.24, 2.45) is 0 Å². The van der Waals surface area contributed by atoms with E-state index in [1.54, 1.807) is 0 Å². The van der Waals surface area contributed by atoms with E-state index >= 15 is 0 Å². The molecule has 4 heteroatoms. The van der Waals surface area contributed by atoms with E-state index in [9.17, 15) is 0 Å². The molecule has 21 heavy (non-hydrogen) atoms. The number of aromatic amines is 1. The number of rotatable bonds is 5. The number of H-pyrrole nitrogens is 1. The summed E-state index contributed by atoms with van der Waals surface area (Å²) in [6.07, 6.45) is 0.177.